The molecule has 1 aromatic rings. The topological polar surface area (TPSA) is 72.5 Å². The second kappa shape index (κ2) is 6.91. The highest BCUT2D eigenvalue weighted by Crippen LogP contribution is 2.24. The largest absolute Gasteiger partial charge is 0.469 e. The number of hydrogen-bond donors (Lipinski definition) is 1. The van der Waals surface area contributed by atoms with Crippen LogP contribution in [-0.2, 0) is 19.6 Å². The van der Waals surface area contributed by atoms with E-state index in [0.717, 1.165) is 5.56 Å². The zero-order valence-corrected chi connectivity index (χ0v) is 13.2. The molecule has 0 bridgehead atoms. The summed E-state index contributed by atoms with van der Waals surface area (Å²) in [7, 11) is -2.19. The summed E-state index contributed by atoms with van der Waals surface area (Å²) in [5.74, 6) is -0.533. The second-order valence-electron chi connectivity index (χ2n) is 4.08. The molecule has 106 valence electrons. The molecule has 1 aromatic carbocycles. The Labute approximate surface area is 121 Å². The lowest BCUT2D eigenvalue weighted by molar-refractivity contribution is -0.140. The number of aryl methyl sites for hydroxylation is 1. The zero-order chi connectivity index (χ0) is 14.5. The van der Waals surface area contributed by atoms with E-state index in [1.807, 2.05) is 19.1 Å². The summed E-state index contributed by atoms with van der Waals surface area (Å²) in [6, 6.07) is 5.33. The Bertz CT molecular complexity index is 557. The summed E-state index contributed by atoms with van der Waals surface area (Å²) in [5.41, 5.74) is 1.52. The van der Waals surface area contributed by atoms with Crippen molar-refractivity contribution in [3.05, 3.63) is 28.2 Å². The maximum Gasteiger partial charge on any atom is 0.305 e. The van der Waals surface area contributed by atoms with Crippen molar-refractivity contribution < 1.29 is 17.9 Å². The Morgan fingerprint density at radius 2 is 2.11 bits per heavy atom. The van der Waals surface area contributed by atoms with E-state index in [2.05, 4.69) is 25.4 Å². The van der Waals surface area contributed by atoms with Gasteiger partial charge in [0.1, 0.15) is 0 Å². The van der Waals surface area contributed by atoms with Gasteiger partial charge in [-0.3, -0.25) is 9.52 Å². The standard InChI is InChI=1S/C12H16BrNO4S/c1-9-5-6-11(10(13)8-9)14-19(16,17)7-3-4-12(15)18-2/h5-6,8,14H,3-4,7H2,1-2H3. The van der Waals surface area contributed by atoms with Crippen LogP contribution in [0.3, 0.4) is 0 Å². The van der Waals surface area contributed by atoms with Gasteiger partial charge in [-0.1, -0.05) is 6.07 Å². The lowest BCUT2D eigenvalue weighted by Crippen LogP contribution is -2.18. The molecule has 0 spiro atoms. The van der Waals surface area contributed by atoms with Crippen LogP contribution in [0.4, 0.5) is 5.69 Å². The molecule has 19 heavy (non-hydrogen) atoms. The first-order valence-electron chi connectivity index (χ1n) is 5.67. The van der Waals surface area contributed by atoms with Crippen LogP contribution in [0.2, 0.25) is 0 Å². The van der Waals surface area contributed by atoms with E-state index < -0.39 is 16.0 Å². The molecule has 0 amide bonds. The monoisotopic (exact) mass is 349 g/mol. The average molecular weight is 350 g/mol. The number of benzene rings is 1. The first-order valence-corrected chi connectivity index (χ1v) is 8.12. The molecule has 0 unspecified atom stereocenters. The minimum absolute atomic E-state index is 0.0898. The van der Waals surface area contributed by atoms with Crippen LogP contribution in [0.1, 0.15) is 18.4 Å². The molecule has 0 fully saturated rings. The molecule has 0 aliphatic carbocycles. The van der Waals surface area contributed by atoms with Gasteiger partial charge in [0.25, 0.3) is 0 Å². The minimum Gasteiger partial charge on any atom is -0.469 e. The highest BCUT2D eigenvalue weighted by atomic mass is 79.9. The number of carbonyl (C=O) groups is 1. The van der Waals surface area contributed by atoms with Crippen molar-refractivity contribution in [2.45, 2.75) is 19.8 Å². The molecule has 1 N–H and O–H groups in total. The summed E-state index contributed by atoms with van der Waals surface area (Å²) >= 11 is 3.30. The summed E-state index contributed by atoms with van der Waals surface area (Å²) < 4.78 is 31.3. The molecule has 7 heteroatoms. The fourth-order valence-corrected chi connectivity index (χ4v) is 3.29. The molecule has 0 atom stereocenters. The van der Waals surface area contributed by atoms with Crippen LogP contribution in [0, 0.1) is 6.92 Å². The predicted octanol–water partition coefficient (Wildman–Crippen LogP) is 2.45. The first-order chi connectivity index (χ1) is 8.84. The Hall–Kier alpha value is -1.08. The number of esters is 1. The molecule has 1 rings (SSSR count). The van der Waals surface area contributed by atoms with Crippen LogP contribution in [0.25, 0.3) is 0 Å². The van der Waals surface area contributed by atoms with Crippen molar-refractivity contribution in [3.63, 3.8) is 0 Å². The SMILES string of the molecule is COC(=O)CCCS(=O)(=O)Nc1ccc(C)cc1Br. The maximum atomic E-state index is 11.8. The van der Waals surface area contributed by atoms with E-state index in [9.17, 15) is 13.2 Å². The molecule has 5 nitrogen and oxygen atoms in total. The van der Waals surface area contributed by atoms with Crippen molar-refractivity contribution in [3.8, 4) is 0 Å². The fraction of sp³-hybridized carbons (Fsp3) is 0.417. The third-order valence-corrected chi connectivity index (χ3v) is 4.42. The van der Waals surface area contributed by atoms with E-state index >= 15 is 0 Å². The number of anilines is 1. The average Bonchev–Trinajstić information content (AvgIpc) is 2.32. The van der Waals surface area contributed by atoms with Crippen molar-refractivity contribution in [2.75, 3.05) is 17.6 Å². The third-order valence-electron chi connectivity index (χ3n) is 2.41. The first kappa shape index (κ1) is 16.0. The van der Waals surface area contributed by atoms with Gasteiger partial charge in [0.2, 0.25) is 10.0 Å². The van der Waals surface area contributed by atoms with E-state index in [1.54, 1.807) is 6.07 Å². The van der Waals surface area contributed by atoms with Crippen molar-refractivity contribution >= 4 is 37.6 Å². The third kappa shape index (κ3) is 5.61. The molecule has 0 saturated carbocycles. The van der Waals surface area contributed by atoms with Crippen LogP contribution < -0.4 is 4.72 Å². The number of ether oxygens (including phenoxy) is 1. The van der Waals surface area contributed by atoms with E-state index in [0.29, 0.717) is 10.2 Å². The number of halogens is 1. The van der Waals surface area contributed by atoms with Crippen LogP contribution >= 0.6 is 15.9 Å². The van der Waals surface area contributed by atoms with Gasteiger partial charge >= 0.3 is 5.97 Å². The smallest absolute Gasteiger partial charge is 0.305 e. The van der Waals surface area contributed by atoms with Crippen molar-refractivity contribution in [1.82, 2.24) is 0 Å². The highest BCUT2D eigenvalue weighted by molar-refractivity contribution is 9.10. The summed E-state index contributed by atoms with van der Waals surface area (Å²) in [5, 5.41) is 0. The Balaban J connectivity index is 2.61. The second-order valence-corrected chi connectivity index (χ2v) is 6.78. The molecule has 0 aliphatic rings. The van der Waals surface area contributed by atoms with Crippen molar-refractivity contribution in [1.29, 1.82) is 0 Å². The summed E-state index contributed by atoms with van der Waals surface area (Å²) in [4.78, 5) is 10.9. The number of hydrogen-bond acceptors (Lipinski definition) is 4. The van der Waals surface area contributed by atoms with Gasteiger partial charge in [0, 0.05) is 10.9 Å². The predicted molar refractivity (Wildman–Crippen MR) is 77.5 cm³/mol. The zero-order valence-electron chi connectivity index (χ0n) is 10.8. The molecule has 0 heterocycles. The van der Waals surface area contributed by atoms with Gasteiger partial charge in [-0.15, -0.1) is 0 Å². The van der Waals surface area contributed by atoms with Crippen LogP contribution in [0.5, 0.6) is 0 Å². The Morgan fingerprint density at radius 3 is 2.68 bits per heavy atom. The number of rotatable bonds is 6. The number of methoxy groups -OCH3 is 1. The summed E-state index contributed by atoms with van der Waals surface area (Å²) in [6.07, 6.45) is 0.317. The highest BCUT2D eigenvalue weighted by Gasteiger charge is 2.13. The molecule has 0 aliphatic heterocycles. The van der Waals surface area contributed by atoms with Gasteiger partial charge in [-0.05, 0) is 47.0 Å². The number of sulfonamides is 1. The lowest BCUT2D eigenvalue weighted by atomic mass is 10.2. The van der Waals surface area contributed by atoms with E-state index in [-0.39, 0.29) is 18.6 Å². The van der Waals surface area contributed by atoms with Gasteiger partial charge < -0.3 is 4.74 Å². The normalized spacial score (nSPS) is 11.1. The van der Waals surface area contributed by atoms with E-state index in [1.165, 1.54) is 7.11 Å². The lowest BCUT2D eigenvalue weighted by Gasteiger charge is -2.10. The van der Waals surface area contributed by atoms with Crippen molar-refractivity contribution in [2.24, 2.45) is 0 Å². The van der Waals surface area contributed by atoms with Gasteiger partial charge in [-0.2, -0.15) is 0 Å². The van der Waals surface area contributed by atoms with Gasteiger partial charge in [0.05, 0.1) is 18.6 Å². The maximum absolute atomic E-state index is 11.8. The quantitative estimate of drug-likeness (QED) is 0.800. The fourth-order valence-electron chi connectivity index (χ4n) is 1.43. The Kier molecular flexibility index (Phi) is 5.81. The molecular weight excluding hydrogens is 334 g/mol. The van der Waals surface area contributed by atoms with Gasteiger partial charge in [-0.25, -0.2) is 8.42 Å². The summed E-state index contributed by atoms with van der Waals surface area (Å²) in [6.45, 7) is 1.92. The molecule has 0 radical (unpaired) electrons. The van der Waals surface area contributed by atoms with Gasteiger partial charge in [0.15, 0.2) is 0 Å². The van der Waals surface area contributed by atoms with E-state index in [4.69, 9.17) is 0 Å². The van der Waals surface area contributed by atoms with Crippen LogP contribution in [0.15, 0.2) is 22.7 Å². The molecule has 0 aromatic heterocycles. The number of carbonyl (C=O) groups excluding carboxylic acids is 1. The van der Waals surface area contributed by atoms with Crippen LogP contribution in [-0.4, -0.2) is 27.2 Å². The minimum atomic E-state index is -3.46. The Morgan fingerprint density at radius 1 is 1.42 bits per heavy atom. The number of nitrogens with one attached hydrogen (secondary N) is 1. The molecular formula is C12H16BrNO4S. The molecule has 0 saturated heterocycles.